The number of nitrogens with zero attached hydrogens (tertiary/aromatic N) is 2. The summed E-state index contributed by atoms with van der Waals surface area (Å²) in [6, 6.07) is 8.24. The largest absolute Gasteiger partial charge is 0.460 e. The summed E-state index contributed by atoms with van der Waals surface area (Å²) in [5.74, 6) is -0.517. The molecule has 1 atom stereocenters. The van der Waals surface area contributed by atoms with Crippen LogP contribution in [0.5, 0.6) is 0 Å². The molecule has 3 heterocycles. The van der Waals surface area contributed by atoms with Gasteiger partial charge >= 0.3 is 5.97 Å². The number of carbonyl (C=O) groups is 1. The highest BCUT2D eigenvalue weighted by molar-refractivity contribution is 7.10. The standard InChI is InChI=1S/C22H18Cl2N2O4S2/c1-12-18(21(28)30-8-7-29-2)19(16-4-3-9-31-16)26-20(27)17(32-22(26)25-12)10-13-5-6-14(23)11-15(13)24/h3-6,9-11,19H,7-8H2,1-2H3/b17-10-/t19-/m1/s1. The Morgan fingerprint density at radius 1 is 1.28 bits per heavy atom. The topological polar surface area (TPSA) is 69.9 Å². The van der Waals surface area contributed by atoms with Crippen LogP contribution >= 0.6 is 45.9 Å². The quantitative estimate of drug-likeness (QED) is 0.375. The van der Waals surface area contributed by atoms with Gasteiger partial charge in [0.15, 0.2) is 4.80 Å². The number of thiazole rings is 1. The number of aromatic nitrogens is 1. The van der Waals surface area contributed by atoms with Gasteiger partial charge in [0.1, 0.15) is 12.6 Å². The second-order valence-electron chi connectivity index (χ2n) is 6.89. The van der Waals surface area contributed by atoms with E-state index in [1.165, 1.54) is 29.8 Å². The number of esters is 1. The summed E-state index contributed by atoms with van der Waals surface area (Å²) in [6.07, 6.45) is 1.71. The average molecular weight is 509 g/mol. The van der Waals surface area contributed by atoms with Crippen molar-refractivity contribution in [2.75, 3.05) is 20.3 Å². The Morgan fingerprint density at radius 3 is 2.78 bits per heavy atom. The van der Waals surface area contributed by atoms with Gasteiger partial charge < -0.3 is 9.47 Å². The van der Waals surface area contributed by atoms with Crippen molar-refractivity contribution in [2.45, 2.75) is 13.0 Å². The molecule has 0 fully saturated rings. The molecule has 0 N–H and O–H groups in total. The summed E-state index contributed by atoms with van der Waals surface area (Å²) in [5, 5.41) is 2.86. The van der Waals surface area contributed by atoms with Crippen molar-refractivity contribution in [3.63, 3.8) is 0 Å². The van der Waals surface area contributed by atoms with Gasteiger partial charge in [0.25, 0.3) is 5.56 Å². The van der Waals surface area contributed by atoms with E-state index in [0.717, 1.165) is 4.88 Å². The predicted octanol–water partition coefficient (Wildman–Crippen LogP) is 3.79. The minimum absolute atomic E-state index is 0.114. The molecule has 4 rings (SSSR count). The second kappa shape index (κ2) is 9.72. The number of rotatable bonds is 6. The normalized spacial score (nSPS) is 16.1. The lowest BCUT2D eigenvalue weighted by molar-refractivity contribution is -0.140. The molecule has 0 saturated carbocycles. The zero-order valence-electron chi connectivity index (χ0n) is 17.1. The maximum atomic E-state index is 13.5. The van der Waals surface area contributed by atoms with Crippen LogP contribution in [0.1, 0.15) is 23.4 Å². The maximum Gasteiger partial charge on any atom is 0.338 e. The van der Waals surface area contributed by atoms with E-state index in [1.54, 1.807) is 35.8 Å². The number of carbonyl (C=O) groups excluding carboxylic acids is 1. The van der Waals surface area contributed by atoms with Gasteiger partial charge in [-0.1, -0.05) is 46.7 Å². The van der Waals surface area contributed by atoms with Crippen molar-refractivity contribution in [1.82, 2.24) is 4.57 Å². The van der Waals surface area contributed by atoms with Crippen LogP contribution in [0.25, 0.3) is 6.08 Å². The highest BCUT2D eigenvalue weighted by Gasteiger charge is 2.34. The Morgan fingerprint density at radius 2 is 2.09 bits per heavy atom. The Labute approximate surface area is 201 Å². The Kier molecular flexibility index (Phi) is 6.97. The van der Waals surface area contributed by atoms with E-state index in [1.807, 2.05) is 17.5 Å². The van der Waals surface area contributed by atoms with E-state index in [4.69, 9.17) is 32.7 Å². The van der Waals surface area contributed by atoms with Crippen molar-refractivity contribution in [2.24, 2.45) is 4.99 Å². The summed E-state index contributed by atoms with van der Waals surface area (Å²) >= 11 is 15.0. The zero-order chi connectivity index (χ0) is 22.8. The molecule has 32 heavy (non-hydrogen) atoms. The first-order valence-electron chi connectivity index (χ1n) is 9.57. The Balaban J connectivity index is 1.86. The summed E-state index contributed by atoms with van der Waals surface area (Å²) in [6.45, 7) is 2.15. The van der Waals surface area contributed by atoms with Gasteiger partial charge in [0.2, 0.25) is 0 Å². The van der Waals surface area contributed by atoms with Crippen molar-refractivity contribution in [3.05, 3.63) is 87.2 Å². The van der Waals surface area contributed by atoms with Gasteiger partial charge in [-0.2, -0.15) is 0 Å². The van der Waals surface area contributed by atoms with Crippen LogP contribution in [-0.4, -0.2) is 30.9 Å². The van der Waals surface area contributed by atoms with E-state index in [0.29, 0.717) is 36.2 Å². The van der Waals surface area contributed by atoms with Crippen molar-refractivity contribution in [3.8, 4) is 0 Å². The van der Waals surface area contributed by atoms with Gasteiger partial charge in [0.05, 0.1) is 22.4 Å². The fourth-order valence-electron chi connectivity index (χ4n) is 3.35. The van der Waals surface area contributed by atoms with Crippen LogP contribution in [0.2, 0.25) is 10.0 Å². The Bertz CT molecular complexity index is 1370. The first-order valence-corrected chi connectivity index (χ1v) is 12.0. The molecule has 0 spiro atoms. The van der Waals surface area contributed by atoms with Gasteiger partial charge in [-0.15, -0.1) is 11.3 Å². The number of methoxy groups -OCH3 is 1. The molecule has 6 nitrogen and oxygen atoms in total. The monoisotopic (exact) mass is 508 g/mol. The molecular weight excluding hydrogens is 491 g/mol. The molecule has 0 bridgehead atoms. The number of ether oxygens (including phenoxy) is 2. The molecule has 0 amide bonds. The first kappa shape index (κ1) is 22.9. The average Bonchev–Trinajstić information content (AvgIpc) is 3.38. The fraction of sp³-hybridized carbons (Fsp3) is 0.227. The van der Waals surface area contributed by atoms with Gasteiger partial charge in [0, 0.05) is 22.0 Å². The lowest BCUT2D eigenvalue weighted by Gasteiger charge is -2.23. The van der Waals surface area contributed by atoms with Crippen LogP contribution < -0.4 is 14.9 Å². The van der Waals surface area contributed by atoms with Crippen molar-refractivity contribution >= 4 is 57.9 Å². The molecule has 1 aromatic carbocycles. The van der Waals surface area contributed by atoms with Crippen LogP contribution in [0.15, 0.2) is 56.8 Å². The summed E-state index contributed by atoms with van der Waals surface area (Å²) < 4.78 is 12.3. The zero-order valence-corrected chi connectivity index (χ0v) is 20.3. The van der Waals surface area contributed by atoms with Crippen LogP contribution in [-0.2, 0) is 14.3 Å². The number of benzene rings is 1. The minimum atomic E-state index is -0.621. The molecule has 3 aromatic rings. The van der Waals surface area contributed by atoms with E-state index in [2.05, 4.69) is 4.99 Å². The number of fused-ring (bicyclic) bond motifs is 1. The third-order valence-corrected chi connectivity index (χ3v) is 7.29. The number of thiophene rings is 1. The van der Waals surface area contributed by atoms with Crippen molar-refractivity contribution < 1.29 is 14.3 Å². The minimum Gasteiger partial charge on any atom is -0.460 e. The van der Waals surface area contributed by atoms with Gasteiger partial charge in [-0.25, -0.2) is 9.79 Å². The molecule has 166 valence electrons. The highest BCUT2D eigenvalue weighted by atomic mass is 35.5. The SMILES string of the molecule is COCCOC(=O)C1=C(C)N=c2s/c(=C\c3ccc(Cl)cc3Cl)c(=O)n2[C@@H]1c1cccs1. The summed E-state index contributed by atoms with van der Waals surface area (Å²) in [5.41, 5.74) is 1.27. The van der Waals surface area contributed by atoms with Crippen LogP contribution in [0, 0.1) is 0 Å². The molecule has 1 aliphatic rings. The third kappa shape index (κ3) is 4.46. The van der Waals surface area contributed by atoms with E-state index < -0.39 is 12.0 Å². The molecule has 0 saturated heterocycles. The van der Waals surface area contributed by atoms with E-state index in [9.17, 15) is 9.59 Å². The van der Waals surface area contributed by atoms with Crippen molar-refractivity contribution in [1.29, 1.82) is 0 Å². The maximum absolute atomic E-state index is 13.5. The number of allylic oxidation sites excluding steroid dienone is 1. The smallest absolute Gasteiger partial charge is 0.338 e. The van der Waals surface area contributed by atoms with Gasteiger partial charge in [-0.3, -0.25) is 9.36 Å². The molecule has 2 aromatic heterocycles. The Hall–Kier alpha value is -2.23. The molecule has 1 aliphatic heterocycles. The molecule has 10 heteroatoms. The molecular formula is C22H18Cl2N2O4S2. The third-order valence-electron chi connectivity index (χ3n) is 4.82. The molecule has 0 aliphatic carbocycles. The molecule has 0 unspecified atom stereocenters. The first-order chi connectivity index (χ1) is 15.4. The molecule has 0 radical (unpaired) electrons. The lowest BCUT2D eigenvalue weighted by Crippen LogP contribution is -2.39. The highest BCUT2D eigenvalue weighted by Crippen LogP contribution is 2.33. The van der Waals surface area contributed by atoms with Crippen LogP contribution in [0.4, 0.5) is 0 Å². The van der Waals surface area contributed by atoms with Gasteiger partial charge in [-0.05, 0) is 42.1 Å². The fourth-order valence-corrected chi connectivity index (χ4v) is 5.68. The number of hydrogen-bond donors (Lipinski definition) is 0. The van der Waals surface area contributed by atoms with Crippen LogP contribution in [0.3, 0.4) is 0 Å². The predicted molar refractivity (Wildman–Crippen MR) is 127 cm³/mol. The van der Waals surface area contributed by atoms with E-state index >= 15 is 0 Å². The van der Waals surface area contributed by atoms with E-state index in [-0.39, 0.29) is 18.8 Å². The number of halogens is 2. The summed E-state index contributed by atoms with van der Waals surface area (Å²) in [4.78, 5) is 32.3. The lowest BCUT2D eigenvalue weighted by atomic mass is 10.0. The summed E-state index contributed by atoms with van der Waals surface area (Å²) in [7, 11) is 1.53. The number of hydrogen-bond acceptors (Lipinski definition) is 7. The second-order valence-corrected chi connectivity index (χ2v) is 9.72.